The average Bonchev–Trinajstić information content (AvgIpc) is 2.88. The Morgan fingerprint density at radius 2 is 2.16 bits per heavy atom. The smallest absolute Gasteiger partial charge is 0.134 e. The van der Waals surface area contributed by atoms with Gasteiger partial charge in [-0.1, -0.05) is 5.16 Å². The third kappa shape index (κ3) is 2.66. The first-order chi connectivity index (χ1) is 9.36. The standard InChI is InChI=1S/C14H17NO4/c16-15-13-9-19-14-7-11(1-2-12(13)14)18-8-10-3-5-17-6-4-10/h1-2,7,10,16H,3-6,8-9H2. The van der Waals surface area contributed by atoms with Crippen LogP contribution in [0.5, 0.6) is 11.5 Å². The number of ether oxygens (including phenoxy) is 3. The molecule has 0 spiro atoms. The van der Waals surface area contributed by atoms with Gasteiger partial charge in [-0.25, -0.2) is 0 Å². The minimum atomic E-state index is 0.315. The fourth-order valence-electron chi connectivity index (χ4n) is 2.38. The van der Waals surface area contributed by atoms with Gasteiger partial charge in [0, 0.05) is 24.8 Å². The number of hydrogen-bond donors (Lipinski definition) is 1. The van der Waals surface area contributed by atoms with Crippen LogP contribution in [0.3, 0.4) is 0 Å². The van der Waals surface area contributed by atoms with Crippen molar-refractivity contribution in [3.8, 4) is 11.5 Å². The summed E-state index contributed by atoms with van der Waals surface area (Å²) in [4.78, 5) is 0. The summed E-state index contributed by atoms with van der Waals surface area (Å²) in [5.74, 6) is 2.08. The Morgan fingerprint density at radius 3 is 2.95 bits per heavy atom. The molecule has 1 aromatic rings. The van der Waals surface area contributed by atoms with Crippen LogP contribution in [0.2, 0.25) is 0 Å². The van der Waals surface area contributed by atoms with E-state index in [1.807, 2.05) is 18.2 Å². The highest BCUT2D eigenvalue weighted by molar-refractivity contribution is 6.05. The molecule has 0 amide bonds. The van der Waals surface area contributed by atoms with Crippen LogP contribution in [0, 0.1) is 5.92 Å². The van der Waals surface area contributed by atoms with E-state index in [0.29, 0.717) is 24.8 Å². The Bertz CT molecular complexity index is 480. The molecule has 5 nitrogen and oxygen atoms in total. The maximum atomic E-state index is 8.82. The molecule has 1 saturated heterocycles. The Hall–Kier alpha value is -1.75. The summed E-state index contributed by atoms with van der Waals surface area (Å²) in [5, 5.41) is 12.0. The van der Waals surface area contributed by atoms with Gasteiger partial charge in [-0.05, 0) is 30.9 Å². The number of oxime groups is 1. The predicted octanol–water partition coefficient (Wildman–Crippen LogP) is 2.06. The molecule has 5 heteroatoms. The zero-order chi connectivity index (χ0) is 13.1. The average molecular weight is 263 g/mol. The van der Waals surface area contributed by atoms with Gasteiger partial charge in [-0.3, -0.25) is 0 Å². The lowest BCUT2D eigenvalue weighted by atomic mass is 10.0. The third-order valence-corrected chi connectivity index (χ3v) is 3.58. The molecule has 1 fully saturated rings. The number of fused-ring (bicyclic) bond motifs is 1. The van der Waals surface area contributed by atoms with E-state index in [1.165, 1.54) is 0 Å². The second kappa shape index (κ2) is 5.48. The molecule has 0 unspecified atom stereocenters. The van der Waals surface area contributed by atoms with Gasteiger partial charge in [0.15, 0.2) is 0 Å². The Kier molecular flexibility index (Phi) is 3.55. The maximum Gasteiger partial charge on any atom is 0.134 e. The molecule has 1 aromatic carbocycles. The van der Waals surface area contributed by atoms with Crippen LogP contribution < -0.4 is 9.47 Å². The normalized spacial score (nSPS) is 21.2. The molecule has 0 aliphatic carbocycles. The van der Waals surface area contributed by atoms with Gasteiger partial charge in [0.25, 0.3) is 0 Å². The fourth-order valence-corrected chi connectivity index (χ4v) is 2.38. The zero-order valence-corrected chi connectivity index (χ0v) is 10.7. The van der Waals surface area contributed by atoms with E-state index < -0.39 is 0 Å². The molecule has 0 atom stereocenters. The first-order valence-corrected chi connectivity index (χ1v) is 6.55. The molecule has 2 heterocycles. The molecule has 0 radical (unpaired) electrons. The fraction of sp³-hybridized carbons (Fsp3) is 0.500. The van der Waals surface area contributed by atoms with Crippen LogP contribution in [0.4, 0.5) is 0 Å². The van der Waals surface area contributed by atoms with Crippen LogP contribution in [0.25, 0.3) is 0 Å². The Labute approximate surface area is 111 Å². The van der Waals surface area contributed by atoms with E-state index in [0.717, 1.165) is 43.1 Å². The van der Waals surface area contributed by atoms with Crippen molar-refractivity contribution in [3.05, 3.63) is 23.8 Å². The van der Waals surface area contributed by atoms with Gasteiger partial charge in [0.05, 0.1) is 6.61 Å². The zero-order valence-electron chi connectivity index (χ0n) is 10.7. The van der Waals surface area contributed by atoms with Crippen molar-refractivity contribution in [2.75, 3.05) is 26.4 Å². The first kappa shape index (κ1) is 12.3. The molecule has 19 heavy (non-hydrogen) atoms. The quantitative estimate of drug-likeness (QED) is 0.670. The van der Waals surface area contributed by atoms with E-state index in [1.54, 1.807) is 0 Å². The van der Waals surface area contributed by atoms with Crippen LogP contribution >= 0.6 is 0 Å². The second-order valence-electron chi connectivity index (χ2n) is 4.86. The largest absolute Gasteiger partial charge is 0.493 e. The number of rotatable bonds is 3. The Morgan fingerprint density at radius 1 is 1.32 bits per heavy atom. The van der Waals surface area contributed by atoms with Gasteiger partial charge in [-0.15, -0.1) is 0 Å². The minimum Gasteiger partial charge on any atom is -0.493 e. The van der Waals surface area contributed by atoms with E-state index >= 15 is 0 Å². The van der Waals surface area contributed by atoms with E-state index in [-0.39, 0.29) is 0 Å². The van der Waals surface area contributed by atoms with Crippen molar-refractivity contribution in [1.82, 2.24) is 0 Å². The number of nitrogens with zero attached hydrogens (tertiary/aromatic N) is 1. The summed E-state index contributed by atoms with van der Waals surface area (Å²) in [6, 6.07) is 5.61. The van der Waals surface area contributed by atoms with Gasteiger partial charge in [0.2, 0.25) is 0 Å². The lowest BCUT2D eigenvalue weighted by molar-refractivity contribution is 0.0497. The minimum absolute atomic E-state index is 0.315. The molecule has 2 aliphatic rings. The molecule has 2 aliphatic heterocycles. The summed E-state index contributed by atoms with van der Waals surface area (Å²) >= 11 is 0. The highest BCUT2D eigenvalue weighted by atomic mass is 16.5. The summed E-state index contributed by atoms with van der Waals surface area (Å²) in [6.07, 6.45) is 2.12. The highest BCUT2D eigenvalue weighted by Gasteiger charge is 2.21. The topological polar surface area (TPSA) is 60.3 Å². The number of benzene rings is 1. The SMILES string of the molecule is ON=C1COc2cc(OCC3CCOCC3)ccc21. The lowest BCUT2D eigenvalue weighted by Crippen LogP contribution is -2.21. The summed E-state index contributed by atoms with van der Waals surface area (Å²) in [5.41, 5.74) is 1.40. The molecule has 1 N–H and O–H groups in total. The molecule has 0 saturated carbocycles. The van der Waals surface area contributed by atoms with Crippen molar-refractivity contribution in [2.45, 2.75) is 12.8 Å². The molecule has 3 rings (SSSR count). The van der Waals surface area contributed by atoms with Crippen LogP contribution in [-0.2, 0) is 4.74 Å². The van der Waals surface area contributed by atoms with Gasteiger partial charge >= 0.3 is 0 Å². The summed E-state index contributed by atoms with van der Waals surface area (Å²) in [6.45, 7) is 2.69. The van der Waals surface area contributed by atoms with Gasteiger partial charge < -0.3 is 19.4 Å². The van der Waals surface area contributed by atoms with E-state index in [4.69, 9.17) is 19.4 Å². The lowest BCUT2D eigenvalue weighted by Gasteiger charge is -2.22. The first-order valence-electron chi connectivity index (χ1n) is 6.55. The van der Waals surface area contributed by atoms with Crippen molar-refractivity contribution in [1.29, 1.82) is 0 Å². The number of hydrogen-bond acceptors (Lipinski definition) is 5. The molecule has 102 valence electrons. The van der Waals surface area contributed by atoms with Crippen molar-refractivity contribution in [2.24, 2.45) is 11.1 Å². The maximum absolute atomic E-state index is 8.82. The van der Waals surface area contributed by atoms with E-state index in [2.05, 4.69) is 5.16 Å². The van der Waals surface area contributed by atoms with Crippen molar-refractivity contribution < 1.29 is 19.4 Å². The monoisotopic (exact) mass is 263 g/mol. The Balaban J connectivity index is 1.63. The van der Waals surface area contributed by atoms with E-state index in [9.17, 15) is 0 Å². The molecule has 0 aromatic heterocycles. The van der Waals surface area contributed by atoms with Crippen molar-refractivity contribution >= 4 is 5.71 Å². The van der Waals surface area contributed by atoms with Crippen LogP contribution in [-0.4, -0.2) is 37.3 Å². The molecule has 0 bridgehead atoms. The van der Waals surface area contributed by atoms with Crippen LogP contribution in [0.1, 0.15) is 18.4 Å². The van der Waals surface area contributed by atoms with Gasteiger partial charge in [0.1, 0.15) is 23.8 Å². The summed E-state index contributed by atoms with van der Waals surface area (Å²) < 4.78 is 16.6. The van der Waals surface area contributed by atoms with Crippen molar-refractivity contribution in [3.63, 3.8) is 0 Å². The predicted molar refractivity (Wildman–Crippen MR) is 69.3 cm³/mol. The molecular formula is C14H17NO4. The van der Waals surface area contributed by atoms with Crippen LogP contribution in [0.15, 0.2) is 23.4 Å². The second-order valence-corrected chi connectivity index (χ2v) is 4.86. The third-order valence-electron chi connectivity index (χ3n) is 3.58. The molecular weight excluding hydrogens is 246 g/mol. The van der Waals surface area contributed by atoms with Gasteiger partial charge in [-0.2, -0.15) is 0 Å². The summed E-state index contributed by atoms with van der Waals surface area (Å²) in [7, 11) is 0. The highest BCUT2D eigenvalue weighted by Crippen LogP contribution is 2.30.